The number of hydrogen-bond donors (Lipinski definition) is 1. The minimum Gasteiger partial charge on any atom is -0.342 e. The van der Waals surface area contributed by atoms with Crippen LogP contribution in [0.3, 0.4) is 0 Å². The van der Waals surface area contributed by atoms with Gasteiger partial charge in [0.15, 0.2) is 0 Å². The first-order chi connectivity index (χ1) is 12.4. The molecular weight excluding hydrogens is 362 g/mol. The lowest BCUT2D eigenvalue weighted by atomic mass is 10.1. The molecule has 1 fully saturated rings. The second kappa shape index (κ2) is 7.83. The number of carbonyl (C=O) groups excluding carboxylic acids is 2. The van der Waals surface area contributed by atoms with E-state index in [1.807, 2.05) is 0 Å². The van der Waals surface area contributed by atoms with Crippen LogP contribution in [0.4, 0.5) is 14.5 Å². The molecule has 0 saturated carbocycles. The molecule has 4 nitrogen and oxygen atoms in total. The van der Waals surface area contributed by atoms with Gasteiger partial charge < -0.3 is 10.2 Å². The summed E-state index contributed by atoms with van der Waals surface area (Å²) in [4.78, 5) is 26.1. The van der Waals surface area contributed by atoms with E-state index >= 15 is 0 Å². The zero-order valence-corrected chi connectivity index (χ0v) is 14.6. The van der Waals surface area contributed by atoms with Crippen molar-refractivity contribution in [2.75, 3.05) is 18.4 Å². The van der Waals surface area contributed by atoms with Crippen LogP contribution < -0.4 is 5.32 Å². The Morgan fingerprint density at radius 2 is 1.92 bits per heavy atom. The van der Waals surface area contributed by atoms with Gasteiger partial charge in [-0.25, -0.2) is 8.78 Å². The summed E-state index contributed by atoms with van der Waals surface area (Å²) in [6.45, 7) is 0.789. The van der Waals surface area contributed by atoms with Gasteiger partial charge in [0, 0.05) is 25.2 Å². The van der Waals surface area contributed by atoms with E-state index in [9.17, 15) is 18.4 Å². The zero-order valence-electron chi connectivity index (χ0n) is 13.8. The number of likely N-dealkylation sites (tertiary alicyclic amines) is 1. The summed E-state index contributed by atoms with van der Waals surface area (Å²) in [5.74, 6) is -1.73. The summed E-state index contributed by atoms with van der Waals surface area (Å²) in [6, 6.07) is 10.0. The molecule has 0 aromatic heterocycles. The first kappa shape index (κ1) is 18.3. The topological polar surface area (TPSA) is 49.4 Å². The molecule has 1 aliphatic rings. The number of rotatable bonds is 5. The van der Waals surface area contributed by atoms with Gasteiger partial charge in [0.05, 0.1) is 10.9 Å². The largest absolute Gasteiger partial charge is 0.342 e. The quantitative estimate of drug-likeness (QED) is 0.863. The second-order valence-electron chi connectivity index (χ2n) is 6.24. The van der Waals surface area contributed by atoms with Crippen molar-refractivity contribution in [2.24, 2.45) is 5.92 Å². The SMILES string of the molecule is O=C(Nc1ccc(F)c(Cl)c1)[C@H]1CC(=O)N(CCc2ccc(F)cc2)C1. The lowest BCUT2D eigenvalue weighted by molar-refractivity contribution is -0.128. The number of benzene rings is 2. The molecule has 1 saturated heterocycles. The van der Waals surface area contributed by atoms with Gasteiger partial charge in [0.1, 0.15) is 11.6 Å². The number of carbonyl (C=O) groups is 2. The van der Waals surface area contributed by atoms with Crippen LogP contribution in [0.2, 0.25) is 5.02 Å². The maximum Gasteiger partial charge on any atom is 0.229 e. The van der Waals surface area contributed by atoms with E-state index in [-0.39, 0.29) is 29.1 Å². The van der Waals surface area contributed by atoms with Crippen molar-refractivity contribution < 1.29 is 18.4 Å². The molecule has 136 valence electrons. The number of hydrogen-bond acceptors (Lipinski definition) is 2. The molecule has 2 amide bonds. The highest BCUT2D eigenvalue weighted by molar-refractivity contribution is 6.31. The maximum atomic E-state index is 13.2. The first-order valence-corrected chi connectivity index (χ1v) is 8.58. The van der Waals surface area contributed by atoms with E-state index < -0.39 is 11.7 Å². The predicted molar refractivity (Wildman–Crippen MR) is 94.8 cm³/mol. The van der Waals surface area contributed by atoms with Gasteiger partial charge in [0.2, 0.25) is 11.8 Å². The third-order valence-corrected chi connectivity index (χ3v) is 4.65. The molecule has 2 aromatic rings. The molecule has 0 aliphatic carbocycles. The van der Waals surface area contributed by atoms with Crippen LogP contribution in [0.5, 0.6) is 0 Å². The third-order valence-electron chi connectivity index (χ3n) is 4.36. The summed E-state index contributed by atoms with van der Waals surface area (Å²) in [7, 11) is 0. The fourth-order valence-electron chi connectivity index (χ4n) is 2.90. The number of nitrogens with zero attached hydrogens (tertiary/aromatic N) is 1. The average Bonchev–Trinajstić information content (AvgIpc) is 2.99. The minimum absolute atomic E-state index is 0.0776. The summed E-state index contributed by atoms with van der Waals surface area (Å²) >= 11 is 5.70. The van der Waals surface area contributed by atoms with Gasteiger partial charge >= 0.3 is 0 Å². The Morgan fingerprint density at radius 1 is 1.19 bits per heavy atom. The second-order valence-corrected chi connectivity index (χ2v) is 6.64. The van der Waals surface area contributed by atoms with Crippen molar-refractivity contribution >= 4 is 29.1 Å². The summed E-state index contributed by atoms with van der Waals surface area (Å²) in [6.07, 6.45) is 0.720. The molecule has 0 radical (unpaired) electrons. The number of anilines is 1. The Balaban J connectivity index is 1.55. The van der Waals surface area contributed by atoms with E-state index in [1.165, 1.54) is 30.3 Å². The highest BCUT2D eigenvalue weighted by Crippen LogP contribution is 2.23. The predicted octanol–water partition coefficient (Wildman–Crippen LogP) is 3.65. The lowest BCUT2D eigenvalue weighted by Gasteiger charge is -2.16. The van der Waals surface area contributed by atoms with Crippen LogP contribution in [0, 0.1) is 17.6 Å². The Bertz CT molecular complexity index is 827. The van der Waals surface area contributed by atoms with Crippen molar-refractivity contribution in [1.29, 1.82) is 0 Å². The molecule has 0 unspecified atom stereocenters. The molecular formula is C19H17ClF2N2O2. The molecule has 26 heavy (non-hydrogen) atoms. The van der Waals surface area contributed by atoms with E-state index in [2.05, 4.69) is 5.32 Å². The van der Waals surface area contributed by atoms with Crippen molar-refractivity contribution in [3.63, 3.8) is 0 Å². The maximum absolute atomic E-state index is 13.2. The van der Waals surface area contributed by atoms with E-state index in [0.717, 1.165) is 5.56 Å². The molecule has 1 heterocycles. The Hall–Kier alpha value is -2.47. The summed E-state index contributed by atoms with van der Waals surface area (Å²) in [5.41, 5.74) is 1.31. The monoisotopic (exact) mass is 378 g/mol. The molecule has 1 atom stereocenters. The minimum atomic E-state index is -0.562. The Kier molecular flexibility index (Phi) is 5.52. The molecule has 0 bridgehead atoms. The van der Waals surface area contributed by atoms with Crippen LogP contribution in [0.25, 0.3) is 0 Å². The number of amides is 2. The molecule has 1 aliphatic heterocycles. The fourth-order valence-corrected chi connectivity index (χ4v) is 3.08. The van der Waals surface area contributed by atoms with Gasteiger partial charge in [-0.1, -0.05) is 23.7 Å². The van der Waals surface area contributed by atoms with Crippen molar-refractivity contribution in [3.8, 4) is 0 Å². The van der Waals surface area contributed by atoms with Crippen molar-refractivity contribution in [2.45, 2.75) is 12.8 Å². The van der Waals surface area contributed by atoms with Gasteiger partial charge in [-0.15, -0.1) is 0 Å². The lowest BCUT2D eigenvalue weighted by Crippen LogP contribution is -2.30. The van der Waals surface area contributed by atoms with Gasteiger partial charge in [-0.2, -0.15) is 0 Å². The molecule has 2 aromatic carbocycles. The van der Waals surface area contributed by atoms with Crippen molar-refractivity contribution in [1.82, 2.24) is 4.90 Å². The summed E-state index contributed by atoms with van der Waals surface area (Å²) in [5, 5.41) is 2.58. The van der Waals surface area contributed by atoms with Crippen LogP contribution in [0.1, 0.15) is 12.0 Å². The summed E-state index contributed by atoms with van der Waals surface area (Å²) < 4.78 is 26.1. The fraction of sp³-hybridized carbons (Fsp3) is 0.263. The highest BCUT2D eigenvalue weighted by atomic mass is 35.5. The molecule has 3 rings (SSSR count). The van der Waals surface area contributed by atoms with E-state index in [1.54, 1.807) is 17.0 Å². The van der Waals surface area contributed by atoms with E-state index in [4.69, 9.17) is 11.6 Å². The normalized spacial score (nSPS) is 16.8. The highest BCUT2D eigenvalue weighted by Gasteiger charge is 2.34. The standard InChI is InChI=1S/C19H17ClF2N2O2/c20-16-10-15(5-6-17(16)22)23-19(26)13-9-18(25)24(11-13)8-7-12-1-3-14(21)4-2-12/h1-6,10,13H,7-9,11H2,(H,23,26)/t13-/m0/s1. The van der Waals surface area contributed by atoms with Gasteiger partial charge in [0.25, 0.3) is 0 Å². The smallest absolute Gasteiger partial charge is 0.229 e. The molecule has 7 heteroatoms. The molecule has 0 spiro atoms. The molecule has 1 N–H and O–H groups in total. The Labute approximate surface area is 154 Å². The average molecular weight is 379 g/mol. The first-order valence-electron chi connectivity index (χ1n) is 8.20. The van der Waals surface area contributed by atoms with Crippen LogP contribution in [-0.4, -0.2) is 29.8 Å². The zero-order chi connectivity index (χ0) is 18.7. The Morgan fingerprint density at radius 3 is 2.62 bits per heavy atom. The van der Waals surface area contributed by atoms with Gasteiger partial charge in [-0.3, -0.25) is 9.59 Å². The van der Waals surface area contributed by atoms with Gasteiger partial charge in [-0.05, 0) is 42.3 Å². The van der Waals surface area contributed by atoms with E-state index in [0.29, 0.717) is 25.2 Å². The van der Waals surface area contributed by atoms with Crippen LogP contribution in [0.15, 0.2) is 42.5 Å². The number of nitrogens with one attached hydrogen (secondary N) is 1. The van der Waals surface area contributed by atoms with Crippen LogP contribution in [-0.2, 0) is 16.0 Å². The van der Waals surface area contributed by atoms with Crippen molar-refractivity contribution in [3.05, 3.63) is 64.7 Å². The number of halogens is 3. The third kappa shape index (κ3) is 4.38. The van der Waals surface area contributed by atoms with Crippen LogP contribution >= 0.6 is 11.6 Å².